The zero-order chi connectivity index (χ0) is 21.1. The van der Waals surface area contributed by atoms with E-state index in [0.29, 0.717) is 17.7 Å². The molecule has 2 aromatic rings. The van der Waals surface area contributed by atoms with Crippen LogP contribution in [0.1, 0.15) is 60.4 Å². The lowest BCUT2D eigenvalue weighted by molar-refractivity contribution is 0.0784. The van der Waals surface area contributed by atoms with Crippen molar-refractivity contribution in [2.45, 2.75) is 65.0 Å². The van der Waals surface area contributed by atoms with Gasteiger partial charge in [0.2, 0.25) is 0 Å². The van der Waals surface area contributed by atoms with E-state index in [1.165, 1.54) is 16.8 Å². The van der Waals surface area contributed by atoms with Gasteiger partial charge in [-0.2, -0.15) is 5.10 Å². The molecule has 0 spiro atoms. The van der Waals surface area contributed by atoms with Gasteiger partial charge in [0.05, 0.1) is 0 Å². The van der Waals surface area contributed by atoms with E-state index in [-0.39, 0.29) is 5.91 Å². The first-order valence-electron chi connectivity index (χ1n) is 11.4. The number of aromatic nitrogens is 2. The Morgan fingerprint density at radius 3 is 2.83 bits per heavy atom. The summed E-state index contributed by atoms with van der Waals surface area (Å²) in [5.41, 5.74) is 4.41. The molecule has 1 aromatic heterocycles. The van der Waals surface area contributed by atoms with Crippen molar-refractivity contribution in [3.63, 3.8) is 0 Å². The number of benzene rings is 1. The first kappa shape index (κ1) is 21.4. The zero-order valence-corrected chi connectivity index (χ0v) is 18.9. The quantitative estimate of drug-likeness (QED) is 0.721. The number of hydrogen-bond donors (Lipinski definition) is 1. The van der Waals surface area contributed by atoms with Gasteiger partial charge in [-0.1, -0.05) is 37.6 Å². The fourth-order valence-corrected chi connectivity index (χ4v) is 4.93. The molecule has 1 aliphatic heterocycles. The number of rotatable bonds is 7. The highest BCUT2D eigenvalue weighted by Crippen LogP contribution is 2.27. The number of hydrogen-bond acceptors (Lipinski definition) is 3. The van der Waals surface area contributed by atoms with Gasteiger partial charge in [0.25, 0.3) is 5.91 Å². The maximum Gasteiger partial charge on any atom is 0.274 e. The van der Waals surface area contributed by atoms with Crippen LogP contribution in [-0.2, 0) is 25.8 Å². The topological polar surface area (TPSA) is 50.2 Å². The summed E-state index contributed by atoms with van der Waals surface area (Å²) < 4.78 is 2.12. The van der Waals surface area contributed by atoms with Crippen LogP contribution < -0.4 is 5.32 Å². The monoisotopic (exact) mass is 428 g/mol. The number of nitrogens with zero attached hydrogens (tertiary/aromatic N) is 3. The Morgan fingerprint density at radius 1 is 1.30 bits per heavy atom. The van der Waals surface area contributed by atoms with Crippen molar-refractivity contribution >= 4 is 17.5 Å². The van der Waals surface area contributed by atoms with Crippen LogP contribution in [0, 0.1) is 5.92 Å². The Hall–Kier alpha value is -1.85. The molecule has 2 aliphatic rings. The van der Waals surface area contributed by atoms with Crippen LogP contribution in [0.5, 0.6) is 0 Å². The summed E-state index contributed by atoms with van der Waals surface area (Å²) in [6, 6.07) is 8.46. The first-order chi connectivity index (χ1) is 14.5. The van der Waals surface area contributed by atoms with E-state index < -0.39 is 0 Å². The normalized spacial score (nSPS) is 18.8. The Balaban J connectivity index is 1.46. The minimum absolute atomic E-state index is 0.130. The van der Waals surface area contributed by atoms with E-state index in [2.05, 4.69) is 29.9 Å². The van der Waals surface area contributed by atoms with Gasteiger partial charge in [0.1, 0.15) is 0 Å². The van der Waals surface area contributed by atoms with E-state index in [9.17, 15) is 4.79 Å². The van der Waals surface area contributed by atoms with Gasteiger partial charge in [-0.3, -0.25) is 9.48 Å². The molecule has 0 unspecified atom stereocenters. The van der Waals surface area contributed by atoms with E-state index >= 15 is 0 Å². The second-order valence-electron chi connectivity index (χ2n) is 9.12. The number of likely N-dealkylation sites (tertiary alicyclic amines) is 1. The summed E-state index contributed by atoms with van der Waals surface area (Å²) in [4.78, 5) is 15.2. The molecule has 1 atom stereocenters. The number of halogens is 1. The predicted molar refractivity (Wildman–Crippen MR) is 121 cm³/mol. The lowest BCUT2D eigenvalue weighted by Crippen LogP contribution is -2.37. The van der Waals surface area contributed by atoms with Crippen LogP contribution in [0.4, 0.5) is 0 Å². The molecule has 1 aromatic carbocycles. The third kappa shape index (κ3) is 4.89. The number of nitrogens with one attached hydrogen (secondary N) is 1. The van der Waals surface area contributed by atoms with Crippen LogP contribution >= 0.6 is 11.6 Å². The third-order valence-corrected chi connectivity index (χ3v) is 6.45. The summed E-state index contributed by atoms with van der Waals surface area (Å²) in [5.74, 6) is 0.642. The highest BCUT2D eigenvalue weighted by Gasteiger charge is 2.31. The summed E-state index contributed by atoms with van der Waals surface area (Å²) >= 11 is 6.10. The van der Waals surface area contributed by atoms with Gasteiger partial charge in [0, 0.05) is 42.0 Å². The van der Waals surface area contributed by atoms with Crippen molar-refractivity contribution in [2.24, 2.45) is 5.92 Å². The summed E-state index contributed by atoms with van der Waals surface area (Å²) in [7, 11) is 0. The molecular weight excluding hydrogens is 396 g/mol. The maximum absolute atomic E-state index is 13.2. The lowest BCUT2D eigenvalue weighted by atomic mass is 9.90. The van der Waals surface area contributed by atoms with Gasteiger partial charge in [-0.15, -0.1) is 0 Å². The molecule has 0 saturated carbocycles. The largest absolute Gasteiger partial charge is 0.337 e. The average molecular weight is 429 g/mol. The molecular formula is C24H33ClN4O. The van der Waals surface area contributed by atoms with Gasteiger partial charge in [0.15, 0.2) is 5.69 Å². The van der Waals surface area contributed by atoms with Gasteiger partial charge in [-0.25, -0.2) is 0 Å². The minimum atomic E-state index is 0.130. The van der Waals surface area contributed by atoms with Crippen molar-refractivity contribution in [1.82, 2.24) is 20.0 Å². The molecule has 1 saturated heterocycles. The van der Waals surface area contributed by atoms with E-state index in [1.54, 1.807) is 0 Å². The number of carbonyl (C=O) groups excluding carboxylic acids is 1. The van der Waals surface area contributed by atoms with Crippen LogP contribution in [0.2, 0.25) is 5.02 Å². The second-order valence-corrected chi connectivity index (χ2v) is 9.56. The average Bonchev–Trinajstić information content (AvgIpc) is 3.36. The second kappa shape index (κ2) is 9.52. The van der Waals surface area contributed by atoms with Gasteiger partial charge in [-0.05, 0) is 68.7 Å². The van der Waals surface area contributed by atoms with Crippen molar-refractivity contribution in [1.29, 1.82) is 0 Å². The highest BCUT2D eigenvalue weighted by atomic mass is 35.5. The van der Waals surface area contributed by atoms with Crippen molar-refractivity contribution in [3.8, 4) is 0 Å². The highest BCUT2D eigenvalue weighted by molar-refractivity contribution is 6.30. The Morgan fingerprint density at radius 2 is 2.10 bits per heavy atom. The first-order valence-corrected chi connectivity index (χ1v) is 11.7. The molecule has 30 heavy (non-hydrogen) atoms. The fourth-order valence-electron chi connectivity index (χ4n) is 4.71. The fraction of sp³-hybridized carbons (Fsp3) is 0.583. The van der Waals surface area contributed by atoms with Crippen LogP contribution in [0.3, 0.4) is 0 Å². The zero-order valence-electron chi connectivity index (χ0n) is 18.2. The van der Waals surface area contributed by atoms with Crippen molar-refractivity contribution in [2.75, 3.05) is 19.6 Å². The SMILES string of the molecule is CC(C)Cn1nc(C(=O)N2CCCC2)c2c1CC[C@H](NCCc1cccc(Cl)c1)C2. The summed E-state index contributed by atoms with van der Waals surface area (Å²) in [6.45, 7) is 7.94. The van der Waals surface area contributed by atoms with Crippen molar-refractivity contribution in [3.05, 3.63) is 51.8 Å². The number of amides is 1. The smallest absolute Gasteiger partial charge is 0.274 e. The summed E-state index contributed by atoms with van der Waals surface area (Å²) in [6.07, 6.45) is 6.12. The van der Waals surface area contributed by atoms with Gasteiger partial charge < -0.3 is 10.2 Å². The van der Waals surface area contributed by atoms with Crippen LogP contribution in [-0.4, -0.2) is 46.3 Å². The molecule has 162 valence electrons. The van der Waals surface area contributed by atoms with Gasteiger partial charge >= 0.3 is 0 Å². The minimum Gasteiger partial charge on any atom is -0.337 e. The van der Waals surface area contributed by atoms with E-state index in [0.717, 1.165) is 69.7 Å². The molecule has 1 amide bonds. The van der Waals surface area contributed by atoms with Crippen LogP contribution in [0.25, 0.3) is 0 Å². The molecule has 1 fully saturated rings. The molecule has 0 bridgehead atoms. The predicted octanol–water partition coefficient (Wildman–Crippen LogP) is 4.12. The number of fused-ring (bicyclic) bond motifs is 1. The molecule has 4 rings (SSSR count). The number of carbonyl (C=O) groups is 1. The van der Waals surface area contributed by atoms with E-state index in [4.69, 9.17) is 16.7 Å². The third-order valence-electron chi connectivity index (χ3n) is 6.22. The molecule has 1 N–H and O–H groups in total. The van der Waals surface area contributed by atoms with Crippen LogP contribution in [0.15, 0.2) is 24.3 Å². The molecule has 2 heterocycles. The lowest BCUT2D eigenvalue weighted by Gasteiger charge is -2.25. The van der Waals surface area contributed by atoms with Crippen molar-refractivity contribution < 1.29 is 4.79 Å². The van der Waals surface area contributed by atoms with E-state index in [1.807, 2.05) is 23.1 Å². The Labute approximate surface area is 184 Å². The standard InChI is InChI=1S/C24H33ClN4O/c1-17(2)16-29-22-9-8-20(26-11-10-18-6-5-7-19(25)14-18)15-21(22)23(27-29)24(30)28-12-3-4-13-28/h5-7,14,17,20,26H,3-4,8-13,15-16H2,1-2H3/t20-/m0/s1. The Bertz CT molecular complexity index is 885. The maximum atomic E-state index is 13.2. The molecule has 0 radical (unpaired) electrons. The molecule has 5 nitrogen and oxygen atoms in total. The molecule has 1 aliphatic carbocycles. The Kier molecular flexibility index (Phi) is 6.79. The molecule has 6 heteroatoms. The summed E-state index contributed by atoms with van der Waals surface area (Å²) in [5, 5.41) is 9.33.